The normalized spacial score (nSPS) is 22.3. The maximum absolute atomic E-state index is 13.4. The second-order valence-electron chi connectivity index (χ2n) is 7.50. The van der Waals surface area contributed by atoms with Gasteiger partial charge in [-0.05, 0) is 58.6 Å². The van der Waals surface area contributed by atoms with Crippen LogP contribution in [0.1, 0.15) is 46.5 Å². The van der Waals surface area contributed by atoms with Crippen LogP contribution in [0, 0.1) is 0 Å². The van der Waals surface area contributed by atoms with Gasteiger partial charge in [0.2, 0.25) is 5.91 Å². The lowest BCUT2D eigenvalue weighted by Crippen LogP contribution is -3.16. The summed E-state index contributed by atoms with van der Waals surface area (Å²) < 4.78 is 0. The molecule has 130 valence electrons. The molecule has 1 aromatic rings. The standard InChI is InChI=1S/C19H27N3O2/c1-14(21-12-8-4-5-9-13-21)17(23)22-16-11-7-6-10-15(16)20-18(24)19(22,2)3/h6-7,10-11,14H,4-5,8-9,12-13H2,1-3H3,(H,20,24)/p+1/t14-/m0/s1. The van der Waals surface area contributed by atoms with E-state index in [1.54, 1.807) is 4.90 Å². The van der Waals surface area contributed by atoms with Crippen LogP contribution in [0.25, 0.3) is 0 Å². The minimum atomic E-state index is -0.884. The number of para-hydroxylation sites is 2. The van der Waals surface area contributed by atoms with Crippen LogP contribution in [-0.2, 0) is 9.59 Å². The molecule has 0 saturated carbocycles. The molecule has 0 aliphatic carbocycles. The number of nitrogens with one attached hydrogen (secondary N) is 2. The Balaban J connectivity index is 1.93. The van der Waals surface area contributed by atoms with Crippen LogP contribution >= 0.6 is 0 Å². The topological polar surface area (TPSA) is 53.9 Å². The smallest absolute Gasteiger partial charge is 0.285 e. The van der Waals surface area contributed by atoms with Crippen molar-refractivity contribution in [3.8, 4) is 0 Å². The minimum absolute atomic E-state index is 0.0409. The predicted octanol–water partition coefficient (Wildman–Crippen LogP) is 1.60. The monoisotopic (exact) mass is 330 g/mol. The average Bonchev–Trinajstić information content (AvgIpc) is 2.84. The third-order valence-electron chi connectivity index (χ3n) is 5.46. The van der Waals surface area contributed by atoms with Crippen molar-refractivity contribution in [1.29, 1.82) is 0 Å². The zero-order valence-corrected chi connectivity index (χ0v) is 14.9. The Morgan fingerprint density at radius 3 is 2.46 bits per heavy atom. The van der Waals surface area contributed by atoms with E-state index in [-0.39, 0.29) is 17.9 Å². The molecule has 5 heteroatoms. The first-order valence-corrected chi connectivity index (χ1v) is 9.02. The van der Waals surface area contributed by atoms with E-state index in [1.807, 2.05) is 45.0 Å². The van der Waals surface area contributed by atoms with Crippen molar-refractivity contribution >= 4 is 23.2 Å². The number of carbonyl (C=O) groups is 2. The molecule has 0 spiro atoms. The number of carbonyl (C=O) groups excluding carboxylic acids is 2. The number of hydrogen-bond donors (Lipinski definition) is 2. The highest BCUT2D eigenvalue weighted by Crippen LogP contribution is 2.36. The molecule has 1 aromatic carbocycles. The summed E-state index contributed by atoms with van der Waals surface area (Å²) in [5, 5.41) is 2.92. The average molecular weight is 330 g/mol. The molecule has 0 aromatic heterocycles. The number of nitrogens with zero attached hydrogens (tertiary/aromatic N) is 1. The van der Waals surface area contributed by atoms with Crippen molar-refractivity contribution in [3.05, 3.63) is 24.3 Å². The van der Waals surface area contributed by atoms with E-state index in [1.165, 1.54) is 30.6 Å². The molecule has 2 aliphatic rings. The van der Waals surface area contributed by atoms with Crippen LogP contribution in [0.5, 0.6) is 0 Å². The van der Waals surface area contributed by atoms with Gasteiger partial charge in [-0.25, -0.2) is 0 Å². The van der Waals surface area contributed by atoms with Gasteiger partial charge in [0.05, 0.1) is 24.5 Å². The molecule has 2 heterocycles. The molecule has 2 N–H and O–H groups in total. The van der Waals surface area contributed by atoms with E-state index >= 15 is 0 Å². The van der Waals surface area contributed by atoms with Crippen LogP contribution < -0.4 is 15.1 Å². The van der Waals surface area contributed by atoms with Gasteiger partial charge in [0.15, 0.2) is 6.04 Å². The van der Waals surface area contributed by atoms with E-state index < -0.39 is 5.54 Å². The Hall–Kier alpha value is -1.88. The van der Waals surface area contributed by atoms with E-state index in [4.69, 9.17) is 0 Å². The summed E-state index contributed by atoms with van der Waals surface area (Å²) in [4.78, 5) is 29.0. The Labute approximate surface area is 144 Å². The molecule has 1 saturated heterocycles. The SMILES string of the molecule is C[C@@H](C(=O)N1c2ccccc2NC(=O)C1(C)C)[NH+]1CCCCCC1. The summed E-state index contributed by atoms with van der Waals surface area (Å²) >= 11 is 0. The van der Waals surface area contributed by atoms with Gasteiger partial charge < -0.3 is 10.2 Å². The quantitative estimate of drug-likeness (QED) is 0.865. The maximum Gasteiger partial charge on any atom is 0.285 e. The molecule has 0 radical (unpaired) electrons. The Bertz CT molecular complexity index is 633. The lowest BCUT2D eigenvalue weighted by atomic mass is 9.95. The molecule has 0 bridgehead atoms. The molecule has 2 aliphatic heterocycles. The van der Waals surface area contributed by atoms with Crippen LogP contribution in [0.15, 0.2) is 24.3 Å². The van der Waals surface area contributed by atoms with E-state index in [2.05, 4.69) is 5.32 Å². The van der Waals surface area contributed by atoms with E-state index in [0.717, 1.165) is 18.8 Å². The Kier molecular flexibility index (Phi) is 4.63. The lowest BCUT2D eigenvalue weighted by molar-refractivity contribution is -0.913. The lowest BCUT2D eigenvalue weighted by Gasteiger charge is -2.43. The largest absolute Gasteiger partial charge is 0.325 e. The van der Waals surface area contributed by atoms with Crippen LogP contribution in [0.3, 0.4) is 0 Å². The van der Waals surface area contributed by atoms with Crippen molar-refractivity contribution in [3.63, 3.8) is 0 Å². The van der Waals surface area contributed by atoms with Crippen molar-refractivity contribution in [1.82, 2.24) is 0 Å². The zero-order chi connectivity index (χ0) is 17.3. The summed E-state index contributed by atoms with van der Waals surface area (Å²) in [7, 11) is 0. The molecule has 24 heavy (non-hydrogen) atoms. The van der Waals surface area contributed by atoms with Crippen molar-refractivity contribution in [2.24, 2.45) is 0 Å². The third-order valence-corrected chi connectivity index (χ3v) is 5.46. The van der Waals surface area contributed by atoms with Gasteiger partial charge in [-0.15, -0.1) is 0 Å². The van der Waals surface area contributed by atoms with Gasteiger partial charge in [0, 0.05) is 0 Å². The number of fused-ring (bicyclic) bond motifs is 1. The number of amides is 2. The van der Waals surface area contributed by atoms with Gasteiger partial charge in [0.25, 0.3) is 5.91 Å². The summed E-state index contributed by atoms with van der Waals surface area (Å²) in [5.74, 6) is -0.0909. The maximum atomic E-state index is 13.4. The summed E-state index contributed by atoms with van der Waals surface area (Å²) in [6.07, 6.45) is 4.86. The van der Waals surface area contributed by atoms with Gasteiger partial charge in [-0.2, -0.15) is 0 Å². The predicted molar refractivity (Wildman–Crippen MR) is 95.3 cm³/mol. The number of likely N-dealkylation sites (tertiary alicyclic amines) is 1. The summed E-state index contributed by atoms with van der Waals surface area (Å²) in [5.41, 5.74) is 0.631. The second-order valence-corrected chi connectivity index (χ2v) is 7.50. The van der Waals surface area contributed by atoms with Crippen molar-refractivity contribution in [2.45, 2.75) is 58.0 Å². The first kappa shape index (κ1) is 17.0. The fraction of sp³-hybridized carbons (Fsp3) is 0.579. The highest BCUT2D eigenvalue weighted by molar-refractivity contribution is 6.14. The van der Waals surface area contributed by atoms with Gasteiger partial charge in [-0.1, -0.05) is 12.1 Å². The zero-order valence-electron chi connectivity index (χ0n) is 14.9. The number of anilines is 2. The van der Waals surface area contributed by atoms with Crippen molar-refractivity contribution in [2.75, 3.05) is 23.3 Å². The Morgan fingerprint density at radius 1 is 1.17 bits per heavy atom. The van der Waals surface area contributed by atoms with Crippen LogP contribution in [0.4, 0.5) is 11.4 Å². The molecule has 3 rings (SSSR count). The fourth-order valence-electron chi connectivity index (χ4n) is 3.83. The summed E-state index contributed by atoms with van der Waals surface area (Å²) in [6, 6.07) is 7.42. The first-order valence-electron chi connectivity index (χ1n) is 9.02. The molecule has 2 amide bonds. The number of benzene rings is 1. The minimum Gasteiger partial charge on any atom is -0.325 e. The molecule has 1 fully saturated rings. The fourth-order valence-corrected chi connectivity index (χ4v) is 3.83. The summed E-state index contributed by atoms with van der Waals surface area (Å²) in [6.45, 7) is 7.72. The molecule has 1 atom stereocenters. The number of quaternary nitrogens is 1. The van der Waals surface area contributed by atoms with E-state index in [9.17, 15) is 9.59 Å². The highest BCUT2D eigenvalue weighted by Gasteiger charge is 2.46. The third kappa shape index (κ3) is 2.93. The van der Waals surface area contributed by atoms with Crippen LogP contribution in [-0.4, -0.2) is 36.5 Å². The van der Waals surface area contributed by atoms with Gasteiger partial charge >= 0.3 is 0 Å². The molecule has 0 unspecified atom stereocenters. The van der Waals surface area contributed by atoms with Crippen LogP contribution in [0.2, 0.25) is 0 Å². The number of hydrogen-bond acceptors (Lipinski definition) is 2. The van der Waals surface area contributed by atoms with Crippen molar-refractivity contribution < 1.29 is 14.5 Å². The van der Waals surface area contributed by atoms with Gasteiger partial charge in [-0.3, -0.25) is 14.5 Å². The first-order chi connectivity index (χ1) is 11.4. The number of rotatable bonds is 2. The molecule has 5 nitrogen and oxygen atoms in total. The molecular formula is C19H28N3O2+. The highest BCUT2D eigenvalue weighted by atomic mass is 16.2. The Morgan fingerprint density at radius 2 is 1.79 bits per heavy atom. The molecular weight excluding hydrogens is 302 g/mol. The van der Waals surface area contributed by atoms with E-state index in [0.29, 0.717) is 5.69 Å². The van der Waals surface area contributed by atoms with Gasteiger partial charge in [0.1, 0.15) is 5.54 Å². The second kappa shape index (κ2) is 6.55.